The Morgan fingerprint density at radius 2 is 2.00 bits per heavy atom. The monoisotopic (exact) mass is 304 g/mol. The van der Waals surface area contributed by atoms with Crippen LogP contribution in [0.1, 0.15) is 6.92 Å². The van der Waals surface area contributed by atoms with E-state index in [2.05, 4.69) is 5.32 Å². The summed E-state index contributed by atoms with van der Waals surface area (Å²) >= 11 is 1.76. The molecule has 1 aliphatic rings. The molecular weight excluding hydrogens is 284 g/mol. The van der Waals surface area contributed by atoms with Crippen LogP contribution in [-0.2, 0) is 14.8 Å². The molecule has 0 unspecified atom stereocenters. The fourth-order valence-corrected chi connectivity index (χ4v) is 4.06. The number of hydrogen-bond acceptors (Lipinski definition) is 4. The van der Waals surface area contributed by atoms with Gasteiger partial charge in [-0.3, -0.25) is 4.79 Å². The van der Waals surface area contributed by atoms with Crippen molar-refractivity contribution in [3.63, 3.8) is 0 Å². The molecule has 0 aromatic heterocycles. The number of hydrogen-bond donors (Lipinski definition) is 1. The summed E-state index contributed by atoms with van der Waals surface area (Å²) in [6.45, 7) is 3.14. The molecule has 19 heavy (non-hydrogen) atoms. The van der Waals surface area contributed by atoms with Gasteiger partial charge in [-0.15, -0.1) is 0 Å². The third kappa shape index (κ3) is 6.26. The molecule has 0 spiro atoms. The van der Waals surface area contributed by atoms with E-state index in [-0.39, 0.29) is 18.2 Å². The molecule has 0 radical (unpaired) electrons. The molecule has 0 aliphatic carbocycles. The molecule has 108 valence electrons. The van der Waals surface area contributed by atoms with Crippen LogP contribution in [0, 0.1) is 0 Å². The number of carbonyl (C=O) groups is 1. The molecule has 1 saturated heterocycles. The largest absolute Gasteiger partial charge is 0.351 e. The van der Waals surface area contributed by atoms with Gasteiger partial charge in [-0.05, 0) is 6.92 Å². The van der Waals surface area contributed by atoms with E-state index in [1.54, 1.807) is 23.9 Å². The van der Waals surface area contributed by atoms with Crippen LogP contribution in [0.5, 0.6) is 0 Å². The van der Waals surface area contributed by atoms with Crippen LogP contribution in [0.4, 0.5) is 0 Å². The Labute approximate surface area is 119 Å². The zero-order chi connectivity index (χ0) is 14.1. The SMILES string of the molecule is C/C=C/C=C/C(=O)NCCS(=O)(=O)N1CCSCC1. The summed E-state index contributed by atoms with van der Waals surface area (Å²) in [5.74, 6) is 1.37. The lowest BCUT2D eigenvalue weighted by Gasteiger charge is -2.25. The van der Waals surface area contributed by atoms with Crippen molar-refractivity contribution in [2.75, 3.05) is 36.9 Å². The number of nitrogens with one attached hydrogen (secondary N) is 1. The van der Waals surface area contributed by atoms with E-state index in [0.29, 0.717) is 13.1 Å². The quantitative estimate of drug-likeness (QED) is 0.577. The molecule has 1 rings (SSSR count). The second kappa shape index (κ2) is 8.39. The van der Waals surface area contributed by atoms with Gasteiger partial charge in [0.05, 0.1) is 5.75 Å². The minimum absolute atomic E-state index is 0.0408. The van der Waals surface area contributed by atoms with E-state index in [0.717, 1.165) is 11.5 Å². The third-order valence-electron chi connectivity index (χ3n) is 2.57. The van der Waals surface area contributed by atoms with E-state index in [1.807, 2.05) is 13.0 Å². The number of amides is 1. The average Bonchev–Trinajstić information content (AvgIpc) is 2.40. The van der Waals surface area contributed by atoms with Crippen LogP contribution in [-0.4, -0.2) is 55.5 Å². The first-order valence-electron chi connectivity index (χ1n) is 6.19. The molecule has 1 fully saturated rings. The number of thioether (sulfide) groups is 1. The van der Waals surface area contributed by atoms with Gasteiger partial charge < -0.3 is 5.32 Å². The fourth-order valence-electron chi connectivity index (χ4n) is 1.57. The van der Waals surface area contributed by atoms with Crippen LogP contribution in [0.15, 0.2) is 24.3 Å². The first-order chi connectivity index (χ1) is 9.06. The Kier molecular flexibility index (Phi) is 7.19. The summed E-state index contributed by atoms with van der Waals surface area (Å²) in [5.41, 5.74) is 0. The van der Waals surface area contributed by atoms with E-state index in [1.165, 1.54) is 10.4 Å². The highest BCUT2D eigenvalue weighted by Crippen LogP contribution is 2.12. The number of sulfonamides is 1. The van der Waals surface area contributed by atoms with Gasteiger partial charge in [0, 0.05) is 37.2 Å². The number of nitrogens with zero attached hydrogens (tertiary/aromatic N) is 1. The summed E-state index contributed by atoms with van der Waals surface area (Å²) in [7, 11) is -3.24. The maximum Gasteiger partial charge on any atom is 0.244 e. The highest BCUT2D eigenvalue weighted by Gasteiger charge is 2.23. The van der Waals surface area contributed by atoms with Gasteiger partial charge in [-0.2, -0.15) is 11.8 Å². The van der Waals surface area contributed by atoms with Crippen LogP contribution < -0.4 is 5.32 Å². The lowest BCUT2D eigenvalue weighted by Crippen LogP contribution is -2.41. The van der Waals surface area contributed by atoms with Gasteiger partial charge in [0.2, 0.25) is 15.9 Å². The average molecular weight is 304 g/mol. The van der Waals surface area contributed by atoms with Crippen molar-refractivity contribution in [3.05, 3.63) is 24.3 Å². The fraction of sp³-hybridized carbons (Fsp3) is 0.583. The van der Waals surface area contributed by atoms with Gasteiger partial charge >= 0.3 is 0 Å². The molecule has 1 aliphatic heterocycles. The Bertz CT molecular complexity index is 438. The third-order valence-corrected chi connectivity index (χ3v) is 5.39. The van der Waals surface area contributed by atoms with Crippen molar-refractivity contribution < 1.29 is 13.2 Å². The minimum atomic E-state index is -3.24. The zero-order valence-corrected chi connectivity index (χ0v) is 12.7. The van der Waals surface area contributed by atoms with Crippen LogP contribution >= 0.6 is 11.8 Å². The van der Waals surface area contributed by atoms with Gasteiger partial charge in [0.15, 0.2) is 0 Å². The molecule has 1 heterocycles. The normalized spacial score (nSPS) is 18.2. The molecular formula is C12H20N2O3S2. The molecule has 0 aromatic rings. The standard InChI is InChI=1S/C12H20N2O3S2/c1-2-3-4-5-12(15)13-6-11-19(16,17)14-7-9-18-10-8-14/h2-5H,6-11H2,1H3,(H,13,15)/b3-2+,5-4+. The first-order valence-corrected chi connectivity index (χ1v) is 8.95. The van der Waals surface area contributed by atoms with Crippen LogP contribution in [0.25, 0.3) is 0 Å². The van der Waals surface area contributed by atoms with Crippen molar-refractivity contribution in [3.8, 4) is 0 Å². The van der Waals surface area contributed by atoms with Gasteiger partial charge in [-0.25, -0.2) is 12.7 Å². The zero-order valence-electron chi connectivity index (χ0n) is 11.0. The molecule has 0 bridgehead atoms. The Morgan fingerprint density at radius 1 is 1.32 bits per heavy atom. The number of allylic oxidation sites excluding steroid dienone is 3. The maximum absolute atomic E-state index is 12.0. The van der Waals surface area contributed by atoms with E-state index in [9.17, 15) is 13.2 Å². The lowest BCUT2D eigenvalue weighted by molar-refractivity contribution is -0.116. The topological polar surface area (TPSA) is 66.5 Å². The van der Waals surface area contributed by atoms with E-state index < -0.39 is 10.0 Å². The van der Waals surface area contributed by atoms with Gasteiger partial charge in [0.1, 0.15) is 0 Å². The predicted molar refractivity (Wildman–Crippen MR) is 79.6 cm³/mol. The Balaban J connectivity index is 2.33. The molecule has 0 aromatic carbocycles. The van der Waals surface area contributed by atoms with Crippen molar-refractivity contribution >= 4 is 27.7 Å². The molecule has 0 atom stereocenters. The second-order valence-corrected chi connectivity index (χ2v) is 7.32. The van der Waals surface area contributed by atoms with Crippen molar-refractivity contribution in [1.29, 1.82) is 0 Å². The maximum atomic E-state index is 12.0. The predicted octanol–water partition coefficient (Wildman–Crippen LogP) is 0.614. The minimum Gasteiger partial charge on any atom is -0.351 e. The van der Waals surface area contributed by atoms with Gasteiger partial charge in [0.25, 0.3) is 0 Å². The summed E-state index contributed by atoms with van der Waals surface area (Å²) in [4.78, 5) is 11.3. The molecule has 5 nitrogen and oxygen atoms in total. The van der Waals surface area contributed by atoms with Crippen LogP contribution in [0.2, 0.25) is 0 Å². The Morgan fingerprint density at radius 3 is 2.63 bits per heavy atom. The summed E-state index contributed by atoms with van der Waals surface area (Å²) in [5, 5.41) is 2.57. The van der Waals surface area contributed by atoms with Gasteiger partial charge in [-0.1, -0.05) is 18.2 Å². The van der Waals surface area contributed by atoms with Crippen molar-refractivity contribution in [1.82, 2.24) is 9.62 Å². The summed E-state index contributed by atoms with van der Waals surface area (Å²) in [6.07, 6.45) is 6.54. The van der Waals surface area contributed by atoms with E-state index >= 15 is 0 Å². The highest BCUT2D eigenvalue weighted by molar-refractivity contribution is 7.99. The number of rotatable bonds is 6. The lowest BCUT2D eigenvalue weighted by atomic mass is 10.4. The Hall–Kier alpha value is -0.790. The summed E-state index contributed by atoms with van der Waals surface area (Å²) in [6, 6.07) is 0. The summed E-state index contributed by atoms with van der Waals surface area (Å²) < 4.78 is 25.4. The second-order valence-electron chi connectivity index (χ2n) is 4.00. The van der Waals surface area contributed by atoms with Crippen molar-refractivity contribution in [2.24, 2.45) is 0 Å². The molecule has 1 N–H and O–H groups in total. The number of carbonyl (C=O) groups excluding carboxylic acids is 1. The van der Waals surface area contributed by atoms with E-state index in [4.69, 9.17) is 0 Å². The highest BCUT2D eigenvalue weighted by atomic mass is 32.2. The molecule has 0 saturated carbocycles. The smallest absolute Gasteiger partial charge is 0.244 e. The van der Waals surface area contributed by atoms with Crippen LogP contribution in [0.3, 0.4) is 0 Å². The molecule has 7 heteroatoms. The van der Waals surface area contributed by atoms with Crippen molar-refractivity contribution in [2.45, 2.75) is 6.92 Å². The molecule has 1 amide bonds. The first kappa shape index (κ1) is 16.3.